The van der Waals surface area contributed by atoms with Crippen LogP contribution in [-0.2, 0) is 5.41 Å². The SMILES string of the molecule is C=C/C=C(\C=C)CC(CC)(c1cccc(OC(C)(C)C)c1)c1cccc(OC(C)(C)C)c1. The molecule has 2 aromatic carbocycles. The number of allylic oxidation sites excluding steroid dienone is 4. The van der Waals surface area contributed by atoms with Crippen LogP contribution in [0, 0.1) is 0 Å². The van der Waals surface area contributed by atoms with Crippen molar-refractivity contribution in [3.05, 3.63) is 96.6 Å². The molecule has 2 nitrogen and oxygen atoms in total. The molecule has 0 atom stereocenters. The van der Waals surface area contributed by atoms with Gasteiger partial charge in [-0.15, -0.1) is 0 Å². The quantitative estimate of drug-likeness (QED) is 0.370. The molecule has 0 fully saturated rings. The summed E-state index contributed by atoms with van der Waals surface area (Å²) in [6.07, 6.45) is 7.51. The first kappa shape index (κ1) is 25.5. The van der Waals surface area contributed by atoms with E-state index in [1.165, 1.54) is 11.1 Å². The summed E-state index contributed by atoms with van der Waals surface area (Å²) in [5.74, 6) is 1.76. The Labute approximate surface area is 195 Å². The molecule has 0 radical (unpaired) electrons. The smallest absolute Gasteiger partial charge is 0.120 e. The Hall–Kier alpha value is -2.74. The fraction of sp³-hybridized carbons (Fsp3) is 0.400. The lowest BCUT2D eigenvalue weighted by Crippen LogP contribution is -2.29. The van der Waals surface area contributed by atoms with Crippen molar-refractivity contribution in [2.75, 3.05) is 0 Å². The van der Waals surface area contributed by atoms with Crippen LogP contribution in [-0.4, -0.2) is 11.2 Å². The molecular weight excluding hydrogens is 392 g/mol. The van der Waals surface area contributed by atoms with E-state index in [-0.39, 0.29) is 16.6 Å². The summed E-state index contributed by atoms with van der Waals surface area (Å²) in [5.41, 5.74) is 2.79. The maximum Gasteiger partial charge on any atom is 0.120 e. The third-order valence-corrected chi connectivity index (χ3v) is 5.32. The highest BCUT2D eigenvalue weighted by molar-refractivity contribution is 5.47. The second-order valence-electron chi connectivity index (χ2n) is 10.3. The number of hydrogen-bond acceptors (Lipinski definition) is 2. The first-order chi connectivity index (χ1) is 14.9. The summed E-state index contributed by atoms with van der Waals surface area (Å²) in [4.78, 5) is 0. The molecule has 0 saturated heterocycles. The molecule has 0 bridgehead atoms. The molecular formula is C30H40O2. The minimum Gasteiger partial charge on any atom is -0.488 e. The van der Waals surface area contributed by atoms with E-state index >= 15 is 0 Å². The maximum absolute atomic E-state index is 6.21. The normalized spacial score (nSPS) is 12.9. The van der Waals surface area contributed by atoms with Gasteiger partial charge < -0.3 is 9.47 Å². The van der Waals surface area contributed by atoms with Crippen LogP contribution in [0.15, 0.2) is 85.5 Å². The van der Waals surface area contributed by atoms with E-state index < -0.39 is 0 Å². The summed E-state index contributed by atoms with van der Waals surface area (Å²) in [6.45, 7) is 22.6. The van der Waals surface area contributed by atoms with Gasteiger partial charge in [-0.3, -0.25) is 0 Å². The molecule has 0 aliphatic carbocycles. The highest BCUT2D eigenvalue weighted by Crippen LogP contribution is 2.43. The third kappa shape index (κ3) is 6.88. The average molecular weight is 433 g/mol. The molecule has 0 aliphatic rings. The van der Waals surface area contributed by atoms with Gasteiger partial charge in [-0.25, -0.2) is 0 Å². The van der Waals surface area contributed by atoms with Gasteiger partial charge in [0.2, 0.25) is 0 Å². The fourth-order valence-electron chi connectivity index (χ4n) is 4.02. The number of benzene rings is 2. The predicted octanol–water partition coefficient (Wildman–Crippen LogP) is 8.43. The van der Waals surface area contributed by atoms with Crippen molar-refractivity contribution >= 4 is 0 Å². The molecule has 0 unspecified atom stereocenters. The molecule has 172 valence electrons. The molecule has 0 heterocycles. The summed E-state index contributed by atoms with van der Waals surface area (Å²) >= 11 is 0. The van der Waals surface area contributed by atoms with E-state index in [0.717, 1.165) is 29.9 Å². The van der Waals surface area contributed by atoms with Crippen molar-refractivity contribution in [1.29, 1.82) is 0 Å². The highest BCUT2D eigenvalue weighted by Gasteiger charge is 2.34. The Bertz CT molecular complexity index is 892. The Morgan fingerprint density at radius 2 is 1.28 bits per heavy atom. The van der Waals surface area contributed by atoms with E-state index in [1.54, 1.807) is 0 Å². The number of rotatable bonds is 9. The Morgan fingerprint density at radius 3 is 1.62 bits per heavy atom. The maximum atomic E-state index is 6.21. The van der Waals surface area contributed by atoms with Gasteiger partial charge in [-0.1, -0.05) is 62.6 Å². The van der Waals surface area contributed by atoms with Gasteiger partial charge in [0.05, 0.1) is 0 Å². The topological polar surface area (TPSA) is 18.5 Å². The lowest BCUT2D eigenvalue weighted by Gasteiger charge is -2.36. The average Bonchev–Trinajstić information content (AvgIpc) is 2.69. The van der Waals surface area contributed by atoms with E-state index in [9.17, 15) is 0 Å². The van der Waals surface area contributed by atoms with Crippen LogP contribution in [0.25, 0.3) is 0 Å². The molecule has 2 aromatic rings. The van der Waals surface area contributed by atoms with Crippen LogP contribution in [0.5, 0.6) is 11.5 Å². The lowest BCUT2D eigenvalue weighted by atomic mass is 9.68. The van der Waals surface area contributed by atoms with Gasteiger partial charge in [-0.05, 0) is 95.3 Å². The van der Waals surface area contributed by atoms with E-state index in [4.69, 9.17) is 9.47 Å². The lowest BCUT2D eigenvalue weighted by molar-refractivity contribution is 0.130. The van der Waals surface area contributed by atoms with Crippen LogP contribution >= 0.6 is 0 Å². The molecule has 0 saturated carbocycles. The Morgan fingerprint density at radius 1 is 0.812 bits per heavy atom. The van der Waals surface area contributed by atoms with Crippen LogP contribution in [0.1, 0.15) is 72.4 Å². The van der Waals surface area contributed by atoms with Crippen LogP contribution in [0.4, 0.5) is 0 Å². The molecule has 2 heteroatoms. The zero-order chi connectivity index (χ0) is 24.0. The van der Waals surface area contributed by atoms with Crippen molar-refractivity contribution < 1.29 is 9.47 Å². The number of hydrogen-bond donors (Lipinski definition) is 0. The minimum absolute atomic E-state index is 0.261. The van der Waals surface area contributed by atoms with E-state index in [2.05, 4.69) is 98.0 Å². The molecule has 0 amide bonds. The van der Waals surface area contributed by atoms with Crippen molar-refractivity contribution in [3.8, 4) is 11.5 Å². The van der Waals surface area contributed by atoms with E-state index in [0.29, 0.717) is 0 Å². The zero-order valence-electron chi connectivity index (χ0n) is 21.0. The van der Waals surface area contributed by atoms with Gasteiger partial charge in [0.1, 0.15) is 22.7 Å². The summed E-state index contributed by atoms with van der Waals surface area (Å²) in [6, 6.07) is 17.0. The van der Waals surface area contributed by atoms with Crippen LogP contribution < -0.4 is 9.47 Å². The van der Waals surface area contributed by atoms with E-state index in [1.807, 2.05) is 30.4 Å². The molecule has 0 spiro atoms. The van der Waals surface area contributed by atoms with Gasteiger partial charge >= 0.3 is 0 Å². The summed E-state index contributed by atoms with van der Waals surface area (Å²) < 4.78 is 12.4. The highest BCUT2D eigenvalue weighted by atomic mass is 16.5. The van der Waals surface area contributed by atoms with Crippen LogP contribution in [0.2, 0.25) is 0 Å². The van der Waals surface area contributed by atoms with Gasteiger partial charge in [0.25, 0.3) is 0 Å². The molecule has 0 N–H and O–H groups in total. The Balaban J connectivity index is 2.69. The molecule has 32 heavy (non-hydrogen) atoms. The predicted molar refractivity (Wildman–Crippen MR) is 138 cm³/mol. The summed E-state index contributed by atoms with van der Waals surface area (Å²) in [7, 11) is 0. The minimum atomic E-state index is -0.266. The largest absolute Gasteiger partial charge is 0.488 e. The van der Waals surface area contributed by atoms with Crippen molar-refractivity contribution in [1.82, 2.24) is 0 Å². The van der Waals surface area contributed by atoms with Crippen molar-refractivity contribution in [2.24, 2.45) is 0 Å². The second-order valence-corrected chi connectivity index (χ2v) is 10.3. The third-order valence-electron chi connectivity index (χ3n) is 5.32. The zero-order valence-corrected chi connectivity index (χ0v) is 21.0. The van der Waals surface area contributed by atoms with Gasteiger partial charge in [0, 0.05) is 5.41 Å². The van der Waals surface area contributed by atoms with Crippen LogP contribution in [0.3, 0.4) is 0 Å². The molecule has 0 aromatic heterocycles. The van der Waals surface area contributed by atoms with Crippen molar-refractivity contribution in [2.45, 2.75) is 77.9 Å². The second kappa shape index (κ2) is 10.3. The van der Waals surface area contributed by atoms with Crippen molar-refractivity contribution in [3.63, 3.8) is 0 Å². The monoisotopic (exact) mass is 432 g/mol. The molecule has 0 aliphatic heterocycles. The molecule has 2 rings (SSSR count). The first-order valence-corrected chi connectivity index (χ1v) is 11.5. The Kier molecular flexibility index (Phi) is 8.18. The summed E-state index contributed by atoms with van der Waals surface area (Å²) in [5, 5.41) is 0. The fourth-order valence-corrected chi connectivity index (χ4v) is 4.02. The first-order valence-electron chi connectivity index (χ1n) is 11.5. The van der Waals surface area contributed by atoms with Gasteiger partial charge in [-0.2, -0.15) is 0 Å². The van der Waals surface area contributed by atoms with Gasteiger partial charge in [0.15, 0.2) is 0 Å². The standard InChI is InChI=1S/C30H40O2/c1-10-15-23(11-2)22-30(12-3,24-16-13-18-26(20-24)31-28(4,5)6)25-17-14-19-27(21-25)32-29(7,8)9/h10-11,13-21H,1-2,12,22H2,3-9H3/b23-15+. The number of ether oxygens (including phenoxy) is 2.